The van der Waals surface area contributed by atoms with E-state index in [-0.39, 0.29) is 12.1 Å². The molecule has 5 heteroatoms. The smallest absolute Gasteiger partial charge is 0.410 e. The molecule has 2 atom stereocenters. The fourth-order valence-electron chi connectivity index (χ4n) is 3.44. The number of amides is 1. The molecule has 0 aromatic carbocycles. The number of fused-ring (bicyclic) bond motifs is 2. The molecular formula is C17H25N3O2. The van der Waals surface area contributed by atoms with Gasteiger partial charge in [-0.3, -0.25) is 0 Å². The molecule has 120 valence electrons. The van der Waals surface area contributed by atoms with Gasteiger partial charge in [-0.25, -0.2) is 9.78 Å². The molecule has 0 spiro atoms. The number of hydrogen-bond donors (Lipinski definition) is 0. The molecule has 5 nitrogen and oxygen atoms in total. The molecule has 0 aliphatic carbocycles. The summed E-state index contributed by atoms with van der Waals surface area (Å²) < 4.78 is 5.61. The van der Waals surface area contributed by atoms with E-state index in [0.29, 0.717) is 6.04 Å². The molecule has 2 fully saturated rings. The number of pyridine rings is 1. The fourth-order valence-corrected chi connectivity index (χ4v) is 3.44. The Labute approximate surface area is 132 Å². The standard InChI is InChI=1S/C17H25N3O2/c1-17(2,3)22-16(21)20-13-7-8-14(20)12-19(11-9-13)15-6-4-5-10-18-15/h4-6,10,13-14H,7-9,11-12H2,1-3H3. The van der Waals surface area contributed by atoms with Crippen molar-refractivity contribution in [3.05, 3.63) is 24.4 Å². The van der Waals surface area contributed by atoms with Gasteiger partial charge in [0.15, 0.2) is 0 Å². The molecule has 22 heavy (non-hydrogen) atoms. The lowest BCUT2D eigenvalue weighted by Gasteiger charge is -2.31. The molecule has 0 N–H and O–H groups in total. The Bertz CT molecular complexity index is 526. The van der Waals surface area contributed by atoms with Crippen molar-refractivity contribution in [2.75, 3.05) is 18.0 Å². The van der Waals surface area contributed by atoms with Gasteiger partial charge in [-0.05, 0) is 52.2 Å². The second kappa shape index (κ2) is 5.78. The summed E-state index contributed by atoms with van der Waals surface area (Å²) in [5, 5.41) is 0. The lowest BCUT2D eigenvalue weighted by molar-refractivity contribution is 0.0163. The Morgan fingerprint density at radius 1 is 1.23 bits per heavy atom. The zero-order valence-electron chi connectivity index (χ0n) is 13.7. The number of carbonyl (C=O) groups excluding carboxylic acids is 1. The van der Waals surface area contributed by atoms with Crippen LogP contribution in [0, 0.1) is 0 Å². The lowest BCUT2D eigenvalue weighted by Crippen LogP contribution is -2.45. The topological polar surface area (TPSA) is 45.7 Å². The molecule has 2 bridgehead atoms. The predicted molar refractivity (Wildman–Crippen MR) is 86.0 cm³/mol. The van der Waals surface area contributed by atoms with E-state index < -0.39 is 5.60 Å². The molecule has 1 amide bonds. The van der Waals surface area contributed by atoms with E-state index in [0.717, 1.165) is 38.2 Å². The van der Waals surface area contributed by atoms with Crippen LogP contribution in [0.25, 0.3) is 0 Å². The Balaban J connectivity index is 1.75. The molecule has 2 saturated heterocycles. The van der Waals surface area contributed by atoms with Crippen LogP contribution in [0.15, 0.2) is 24.4 Å². The summed E-state index contributed by atoms with van der Waals surface area (Å²) in [6.07, 6.45) is 4.77. The third-order valence-electron chi connectivity index (χ3n) is 4.36. The Morgan fingerprint density at radius 3 is 2.68 bits per heavy atom. The largest absolute Gasteiger partial charge is 0.444 e. The van der Waals surface area contributed by atoms with Crippen molar-refractivity contribution in [3.63, 3.8) is 0 Å². The first-order valence-corrected chi connectivity index (χ1v) is 8.11. The van der Waals surface area contributed by atoms with Crippen LogP contribution in [0.3, 0.4) is 0 Å². The molecule has 2 aliphatic heterocycles. The summed E-state index contributed by atoms with van der Waals surface area (Å²) in [4.78, 5) is 21.3. The zero-order chi connectivity index (χ0) is 15.7. The number of carbonyl (C=O) groups is 1. The number of ether oxygens (including phenoxy) is 1. The predicted octanol–water partition coefficient (Wildman–Crippen LogP) is 3.06. The van der Waals surface area contributed by atoms with Gasteiger partial charge in [0, 0.05) is 25.3 Å². The van der Waals surface area contributed by atoms with Crippen LogP contribution >= 0.6 is 0 Å². The van der Waals surface area contributed by atoms with Crippen molar-refractivity contribution in [1.82, 2.24) is 9.88 Å². The van der Waals surface area contributed by atoms with E-state index in [2.05, 4.69) is 9.88 Å². The minimum Gasteiger partial charge on any atom is -0.444 e. The third kappa shape index (κ3) is 3.18. The number of aromatic nitrogens is 1. The van der Waals surface area contributed by atoms with Crippen LogP contribution < -0.4 is 4.90 Å². The highest BCUT2D eigenvalue weighted by Crippen LogP contribution is 2.32. The summed E-state index contributed by atoms with van der Waals surface area (Å²) >= 11 is 0. The molecule has 3 rings (SSSR count). The van der Waals surface area contributed by atoms with Crippen LogP contribution in [0.4, 0.5) is 10.6 Å². The minimum absolute atomic E-state index is 0.164. The monoisotopic (exact) mass is 303 g/mol. The van der Waals surface area contributed by atoms with E-state index >= 15 is 0 Å². The van der Waals surface area contributed by atoms with Gasteiger partial charge in [-0.15, -0.1) is 0 Å². The van der Waals surface area contributed by atoms with Gasteiger partial charge in [0.25, 0.3) is 0 Å². The quantitative estimate of drug-likeness (QED) is 0.800. The zero-order valence-corrected chi connectivity index (χ0v) is 13.7. The van der Waals surface area contributed by atoms with Crippen molar-refractivity contribution in [3.8, 4) is 0 Å². The molecule has 1 aromatic heterocycles. The number of rotatable bonds is 1. The highest BCUT2D eigenvalue weighted by Gasteiger charge is 2.42. The number of anilines is 1. The second-order valence-corrected chi connectivity index (χ2v) is 7.20. The first-order valence-electron chi connectivity index (χ1n) is 8.11. The van der Waals surface area contributed by atoms with Crippen molar-refractivity contribution in [1.29, 1.82) is 0 Å². The van der Waals surface area contributed by atoms with Crippen molar-refractivity contribution >= 4 is 11.9 Å². The fraction of sp³-hybridized carbons (Fsp3) is 0.647. The van der Waals surface area contributed by atoms with E-state index in [9.17, 15) is 4.79 Å². The molecule has 0 saturated carbocycles. The van der Waals surface area contributed by atoms with Crippen molar-refractivity contribution in [2.24, 2.45) is 0 Å². The minimum atomic E-state index is -0.441. The summed E-state index contributed by atoms with van der Waals surface area (Å²) in [5.41, 5.74) is -0.441. The normalized spacial score (nSPS) is 25.0. The molecule has 1 aromatic rings. The first kappa shape index (κ1) is 15.1. The van der Waals surface area contributed by atoms with E-state index in [1.54, 1.807) is 0 Å². The van der Waals surface area contributed by atoms with E-state index in [4.69, 9.17) is 4.74 Å². The van der Waals surface area contributed by atoms with E-state index in [1.165, 1.54) is 0 Å². The summed E-state index contributed by atoms with van der Waals surface area (Å²) in [6.45, 7) is 7.55. The van der Waals surface area contributed by atoms with Gasteiger partial charge in [-0.2, -0.15) is 0 Å². The lowest BCUT2D eigenvalue weighted by atomic mass is 10.1. The summed E-state index contributed by atoms with van der Waals surface area (Å²) in [5.74, 6) is 0.999. The van der Waals surface area contributed by atoms with Gasteiger partial charge in [0.1, 0.15) is 11.4 Å². The number of hydrogen-bond acceptors (Lipinski definition) is 4. The van der Waals surface area contributed by atoms with Crippen LogP contribution in [0.2, 0.25) is 0 Å². The highest BCUT2D eigenvalue weighted by molar-refractivity contribution is 5.69. The molecule has 3 heterocycles. The average Bonchev–Trinajstić information content (AvgIpc) is 2.73. The van der Waals surface area contributed by atoms with Gasteiger partial charge in [-0.1, -0.05) is 6.07 Å². The van der Waals surface area contributed by atoms with Crippen molar-refractivity contribution < 1.29 is 9.53 Å². The van der Waals surface area contributed by atoms with Crippen LogP contribution in [0.5, 0.6) is 0 Å². The third-order valence-corrected chi connectivity index (χ3v) is 4.36. The Morgan fingerprint density at radius 2 is 2.00 bits per heavy atom. The summed E-state index contributed by atoms with van der Waals surface area (Å²) in [6, 6.07) is 6.51. The Kier molecular flexibility index (Phi) is 3.98. The van der Waals surface area contributed by atoms with Crippen LogP contribution in [-0.4, -0.2) is 46.8 Å². The SMILES string of the molecule is CC(C)(C)OC(=O)N1C2CCC1CN(c1ccccn1)CC2. The van der Waals surface area contributed by atoms with Gasteiger partial charge < -0.3 is 14.5 Å². The van der Waals surface area contributed by atoms with Crippen molar-refractivity contribution in [2.45, 2.75) is 57.7 Å². The average molecular weight is 303 g/mol. The molecule has 0 radical (unpaired) electrons. The summed E-state index contributed by atoms with van der Waals surface area (Å²) in [7, 11) is 0. The molecule has 2 aliphatic rings. The number of nitrogens with zero attached hydrogens (tertiary/aromatic N) is 3. The Hall–Kier alpha value is -1.78. The van der Waals surface area contributed by atoms with Crippen LogP contribution in [0.1, 0.15) is 40.0 Å². The van der Waals surface area contributed by atoms with E-state index in [1.807, 2.05) is 50.1 Å². The van der Waals surface area contributed by atoms with Crippen LogP contribution in [-0.2, 0) is 4.74 Å². The first-order chi connectivity index (χ1) is 10.4. The van der Waals surface area contributed by atoms with Gasteiger partial charge in [0.2, 0.25) is 0 Å². The highest BCUT2D eigenvalue weighted by atomic mass is 16.6. The van der Waals surface area contributed by atoms with Gasteiger partial charge >= 0.3 is 6.09 Å². The maximum atomic E-state index is 12.5. The second-order valence-electron chi connectivity index (χ2n) is 7.20. The molecular weight excluding hydrogens is 278 g/mol. The van der Waals surface area contributed by atoms with Gasteiger partial charge in [0.05, 0.1) is 6.04 Å². The molecule has 2 unspecified atom stereocenters. The maximum absolute atomic E-state index is 12.5. The maximum Gasteiger partial charge on any atom is 0.410 e.